The number of amides is 1. The Labute approximate surface area is 145 Å². The number of nitrogens with zero attached hydrogens (tertiary/aromatic N) is 3. The number of thioether (sulfide) groups is 1. The van der Waals surface area contributed by atoms with Crippen molar-refractivity contribution >= 4 is 17.7 Å². The van der Waals surface area contributed by atoms with E-state index >= 15 is 0 Å². The van der Waals surface area contributed by atoms with Crippen molar-refractivity contribution in [3.05, 3.63) is 24.3 Å². The van der Waals surface area contributed by atoms with Gasteiger partial charge in [-0.05, 0) is 49.9 Å². The van der Waals surface area contributed by atoms with Crippen LogP contribution in [0.4, 0.5) is 0 Å². The van der Waals surface area contributed by atoms with Gasteiger partial charge in [0.25, 0.3) is 5.22 Å². The maximum absolute atomic E-state index is 12.4. The van der Waals surface area contributed by atoms with Crippen LogP contribution in [-0.2, 0) is 4.79 Å². The first-order valence-electron chi connectivity index (χ1n) is 8.22. The van der Waals surface area contributed by atoms with Crippen molar-refractivity contribution in [3.63, 3.8) is 0 Å². The molecule has 0 aliphatic carbocycles. The predicted molar refractivity (Wildman–Crippen MR) is 91.8 cm³/mol. The molecule has 1 aliphatic heterocycles. The number of piperidine rings is 1. The fraction of sp³-hybridized carbons (Fsp3) is 0.471. The van der Waals surface area contributed by atoms with Crippen LogP contribution in [0, 0.1) is 0 Å². The second-order valence-electron chi connectivity index (χ2n) is 5.85. The van der Waals surface area contributed by atoms with E-state index in [0.717, 1.165) is 31.4 Å². The average Bonchev–Trinajstić information content (AvgIpc) is 3.09. The van der Waals surface area contributed by atoms with Gasteiger partial charge >= 0.3 is 0 Å². The number of carbonyl (C=O) groups is 1. The highest BCUT2D eigenvalue weighted by Gasteiger charge is 2.25. The largest absolute Gasteiger partial charge is 0.508 e. The Balaban J connectivity index is 1.59. The van der Waals surface area contributed by atoms with Gasteiger partial charge in [0.05, 0.1) is 5.75 Å². The Bertz CT molecular complexity index is 687. The molecule has 24 heavy (non-hydrogen) atoms. The second-order valence-corrected chi connectivity index (χ2v) is 6.78. The number of phenolic OH excluding ortho intramolecular Hbond substituents is 1. The summed E-state index contributed by atoms with van der Waals surface area (Å²) < 4.78 is 5.59. The standard InChI is InChI=1S/C17H21N3O3S/c1-2-13-5-3-4-10-20(13)15(22)11-24-17-19-18-16(23-17)12-6-8-14(21)9-7-12/h6-9,13,21H,2-5,10-11H2,1H3/t13-/m1/s1. The molecule has 0 radical (unpaired) electrons. The van der Waals surface area contributed by atoms with E-state index in [2.05, 4.69) is 17.1 Å². The molecule has 1 aliphatic rings. The van der Waals surface area contributed by atoms with Gasteiger partial charge in [-0.2, -0.15) is 0 Å². The lowest BCUT2D eigenvalue weighted by atomic mass is 10.0. The van der Waals surface area contributed by atoms with E-state index in [0.29, 0.717) is 22.9 Å². The van der Waals surface area contributed by atoms with E-state index in [1.165, 1.54) is 18.2 Å². The molecule has 0 saturated carbocycles. The summed E-state index contributed by atoms with van der Waals surface area (Å²) in [7, 11) is 0. The van der Waals surface area contributed by atoms with Gasteiger partial charge in [-0.3, -0.25) is 4.79 Å². The Morgan fingerprint density at radius 2 is 2.12 bits per heavy atom. The molecule has 0 bridgehead atoms. The van der Waals surface area contributed by atoms with Crippen LogP contribution < -0.4 is 0 Å². The minimum Gasteiger partial charge on any atom is -0.508 e. The molecule has 1 amide bonds. The third-order valence-electron chi connectivity index (χ3n) is 4.26. The van der Waals surface area contributed by atoms with Gasteiger partial charge in [-0.15, -0.1) is 10.2 Å². The van der Waals surface area contributed by atoms with E-state index in [-0.39, 0.29) is 11.7 Å². The fourth-order valence-corrected chi connectivity index (χ4v) is 3.60. The Hall–Kier alpha value is -2.02. The van der Waals surface area contributed by atoms with Crippen LogP contribution in [0.25, 0.3) is 11.5 Å². The molecule has 0 spiro atoms. The van der Waals surface area contributed by atoms with E-state index in [1.54, 1.807) is 24.3 Å². The summed E-state index contributed by atoms with van der Waals surface area (Å²) >= 11 is 1.27. The smallest absolute Gasteiger partial charge is 0.277 e. The summed E-state index contributed by atoms with van der Waals surface area (Å²) in [5.41, 5.74) is 0.737. The maximum atomic E-state index is 12.4. The number of carbonyl (C=O) groups excluding carboxylic acids is 1. The zero-order valence-corrected chi connectivity index (χ0v) is 14.5. The second kappa shape index (κ2) is 7.70. The van der Waals surface area contributed by atoms with Gasteiger partial charge in [-0.1, -0.05) is 18.7 Å². The average molecular weight is 347 g/mol. The summed E-state index contributed by atoms with van der Waals surface area (Å²) in [6.07, 6.45) is 4.38. The lowest BCUT2D eigenvalue weighted by Crippen LogP contribution is -2.44. The number of phenols is 1. The SMILES string of the molecule is CC[C@@H]1CCCCN1C(=O)CSc1nnc(-c2ccc(O)cc2)o1. The summed E-state index contributed by atoms with van der Waals surface area (Å²) in [5.74, 6) is 1.02. The molecular weight excluding hydrogens is 326 g/mol. The molecule has 7 heteroatoms. The quantitative estimate of drug-likeness (QED) is 0.836. The first-order chi connectivity index (χ1) is 11.7. The maximum Gasteiger partial charge on any atom is 0.277 e. The van der Waals surface area contributed by atoms with Crippen LogP contribution in [0.3, 0.4) is 0 Å². The zero-order chi connectivity index (χ0) is 16.9. The summed E-state index contributed by atoms with van der Waals surface area (Å²) in [6, 6.07) is 6.92. The molecule has 1 atom stereocenters. The Morgan fingerprint density at radius 3 is 2.88 bits per heavy atom. The number of aromatic hydroxyl groups is 1. The van der Waals surface area contributed by atoms with Crippen molar-refractivity contribution < 1.29 is 14.3 Å². The van der Waals surface area contributed by atoms with Gasteiger partial charge in [0, 0.05) is 18.2 Å². The highest BCUT2D eigenvalue weighted by Crippen LogP contribution is 2.26. The predicted octanol–water partition coefficient (Wildman–Crippen LogP) is 3.33. The number of rotatable bonds is 5. The Kier molecular flexibility index (Phi) is 5.40. The van der Waals surface area contributed by atoms with E-state index in [4.69, 9.17) is 4.42 Å². The molecule has 2 heterocycles. The van der Waals surface area contributed by atoms with Crippen molar-refractivity contribution in [1.29, 1.82) is 0 Å². The van der Waals surface area contributed by atoms with Crippen molar-refractivity contribution in [2.24, 2.45) is 0 Å². The van der Waals surface area contributed by atoms with Gasteiger partial charge in [0.15, 0.2) is 0 Å². The van der Waals surface area contributed by atoms with E-state index < -0.39 is 0 Å². The van der Waals surface area contributed by atoms with Crippen LogP contribution in [0.15, 0.2) is 33.9 Å². The molecular formula is C17H21N3O3S. The van der Waals surface area contributed by atoms with Gasteiger partial charge in [0.1, 0.15) is 5.75 Å². The molecule has 128 valence electrons. The Morgan fingerprint density at radius 1 is 1.33 bits per heavy atom. The molecule has 1 saturated heterocycles. The molecule has 0 unspecified atom stereocenters. The first-order valence-corrected chi connectivity index (χ1v) is 9.21. The summed E-state index contributed by atoms with van der Waals surface area (Å²) in [4.78, 5) is 14.4. The zero-order valence-electron chi connectivity index (χ0n) is 13.6. The number of hydrogen-bond acceptors (Lipinski definition) is 6. The van der Waals surface area contributed by atoms with Crippen LogP contribution in [-0.4, -0.2) is 44.5 Å². The highest BCUT2D eigenvalue weighted by molar-refractivity contribution is 7.99. The number of benzene rings is 1. The lowest BCUT2D eigenvalue weighted by molar-refractivity contribution is -0.132. The lowest BCUT2D eigenvalue weighted by Gasteiger charge is -2.35. The van der Waals surface area contributed by atoms with E-state index in [9.17, 15) is 9.90 Å². The minimum atomic E-state index is 0.135. The van der Waals surface area contributed by atoms with Crippen molar-refractivity contribution in [2.45, 2.75) is 43.9 Å². The van der Waals surface area contributed by atoms with Crippen molar-refractivity contribution in [2.75, 3.05) is 12.3 Å². The summed E-state index contributed by atoms with van der Waals surface area (Å²) in [6.45, 7) is 2.98. The molecule has 6 nitrogen and oxygen atoms in total. The highest BCUT2D eigenvalue weighted by atomic mass is 32.2. The van der Waals surface area contributed by atoms with Gasteiger partial charge in [-0.25, -0.2) is 0 Å². The van der Waals surface area contributed by atoms with Crippen LogP contribution in [0.2, 0.25) is 0 Å². The molecule has 1 N–H and O–H groups in total. The fourth-order valence-electron chi connectivity index (χ4n) is 2.95. The van der Waals surface area contributed by atoms with Crippen LogP contribution >= 0.6 is 11.8 Å². The number of likely N-dealkylation sites (tertiary alicyclic amines) is 1. The van der Waals surface area contributed by atoms with Gasteiger partial charge in [0.2, 0.25) is 11.8 Å². The first kappa shape index (κ1) is 16.8. The molecule has 2 aromatic rings. The van der Waals surface area contributed by atoms with E-state index in [1.807, 2.05) is 4.90 Å². The minimum absolute atomic E-state index is 0.135. The normalized spacial score (nSPS) is 17.9. The molecule has 3 rings (SSSR count). The molecule has 1 aromatic heterocycles. The van der Waals surface area contributed by atoms with Crippen molar-refractivity contribution in [3.8, 4) is 17.2 Å². The molecule has 1 fully saturated rings. The topological polar surface area (TPSA) is 79.5 Å². The third kappa shape index (κ3) is 3.90. The monoisotopic (exact) mass is 347 g/mol. The van der Waals surface area contributed by atoms with Crippen molar-refractivity contribution in [1.82, 2.24) is 15.1 Å². The van der Waals surface area contributed by atoms with Crippen LogP contribution in [0.5, 0.6) is 5.75 Å². The van der Waals surface area contributed by atoms with Crippen LogP contribution in [0.1, 0.15) is 32.6 Å². The molecule has 1 aromatic carbocycles. The number of aromatic nitrogens is 2. The van der Waals surface area contributed by atoms with Gasteiger partial charge < -0.3 is 14.4 Å². The number of hydrogen-bond donors (Lipinski definition) is 1. The third-order valence-corrected chi connectivity index (χ3v) is 5.06. The summed E-state index contributed by atoms with van der Waals surface area (Å²) in [5, 5.41) is 17.7.